The third-order valence-electron chi connectivity index (χ3n) is 2.16. The van der Waals surface area contributed by atoms with Crippen LogP contribution >= 0.6 is 0 Å². The Balaban J connectivity index is 2.26. The van der Waals surface area contributed by atoms with E-state index in [9.17, 15) is 0 Å². The van der Waals surface area contributed by atoms with E-state index in [0.717, 1.165) is 0 Å². The van der Waals surface area contributed by atoms with E-state index in [2.05, 4.69) is 15.1 Å². The minimum absolute atomic E-state index is 0.386. The fourth-order valence-corrected chi connectivity index (χ4v) is 1.42. The molecule has 6 heteroatoms. The summed E-state index contributed by atoms with van der Waals surface area (Å²) in [4.78, 5) is 7.86. The van der Waals surface area contributed by atoms with E-state index in [1.165, 1.54) is 17.1 Å². The van der Waals surface area contributed by atoms with E-state index in [1.54, 1.807) is 18.3 Å². The van der Waals surface area contributed by atoms with Crippen LogP contribution in [0.5, 0.6) is 0 Å². The quantitative estimate of drug-likeness (QED) is 0.605. The summed E-state index contributed by atoms with van der Waals surface area (Å²) >= 11 is 0. The molecule has 0 saturated carbocycles. The summed E-state index contributed by atoms with van der Waals surface area (Å²) in [6.07, 6.45) is 4.38. The number of nitrogens with zero attached hydrogens (tertiary/aromatic N) is 5. The summed E-state index contributed by atoms with van der Waals surface area (Å²) in [7, 11) is 0. The molecule has 0 unspecified atom stereocenters. The first kappa shape index (κ1) is 8.61. The lowest BCUT2D eigenvalue weighted by molar-refractivity contribution is 0.568. The molecule has 0 aliphatic rings. The number of imidazole rings is 1. The van der Waals surface area contributed by atoms with Gasteiger partial charge in [0.2, 0.25) is 0 Å². The SMILES string of the molecule is N#Cc1cnc2ccc(-c3cnco3)nn12. The number of oxazole rings is 1. The smallest absolute Gasteiger partial charge is 0.181 e. The van der Waals surface area contributed by atoms with Crippen molar-refractivity contribution in [2.45, 2.75) is 0 Å². The molecule has 0 saturated heterocycles. The van der Waals surface area contributed by atoms with E-state index in [-0.39, 0.29) is 0 Å². The van der Waals surface area contributed by atoms with Crippen LogP contribution in [0.4, 0.5) is 0 Å². The van der Waals surface area contributed by atoms with Crippen LogP contribution in [0.1, 0.15) is 5.69 Å². The van der Waals surface area contributed by atoms with Gasteiger partial charge in [0.25, 0.3) is 0 Å². The lowest BCUT2D eigenvalue weighted by Crippen LogP contribution is -1.96. The molecule has 3 heterocycles. The highest BCUT2D eigenvalue weighted by atomic mass is 16.3. The van der Waals surface area contributed by atoms with Crippen LogP contribution in [0, 0.1) is 11.3 Å². The Bertz CT molecular complexity index is 677. The maximum absolute atomic E-state index is 8.86. The Labute approximate surface area is 89.8 Å². The van der Waals surface area contributed by atoms with Crippen molar-refractivity contribution in [1.29, 1.82) is 5.26 Å². The summed E-state index contributed by atoms with van der Waals surface area (Å²) < 4.78 is 6.60. The van der Waals surface area contributed by atoms with Crippen molar-refractivity contribution in [1.82, 2.24) is 19.6 Å². The first-order chi connectivity index (χ1) is 7.88. The van der Waals surface area contributed by atoms with Crippen LogP contribution in [0.25, 0.3) is 17.1 Å². The lowest BCUT2D eigenvalue weighted by Gasteiger charge is -1.97. The third kappa shape index (κ3) is 1.15. The van der Waals surface area contributed by atoms with Crippen LogP contribution < -0.4 is 0 Å². The molecule has 0 aromatic carbocycles. The van der Waals surface area contributed by atoms with Crippen LogP contribution in [0.3, 0.4) is 0 Å². The standard InChI is InChI=1S/C10H5N5O/c11-3-7-4-13-10-2-1-8(14-15(7)10)9-5-12-6-16-9/h1-2,4-6H. The maximum Gasteiger partial charge on any atom is 0.181 e. The van der Waals surface area contributed by atoms with Crippen molar-refractivity contribution in [2.75, 3.05) is 0 Å². The summed E-state index contributed by atoms with van der Waals surface area (Å²) in [6, 6.07) is 5.55. The maximum atomic E-state index is 8.86. The first-order valence-electron chi connectivity index (χ1n) is 4.52. The number of hydrogen-bond acceptors (Lipinski definition) is 5. The zero-order chi connectivity index (χ0) is 11.0. The predicted octanol–water partition coefficient (Wildman–Crippen LogP) is 1.26. The van der Waals surface area contributed by atoms with E-state index < -0.39 is 0 Å². The Morgan fingerprint density at radius 3 is 3.00 bits per heavy atom. The average Bonchev–Trinajstić information content (AvgIpc) is 2.97. The Hall–Kier alpha value is -2.68. The summed E-state index contributed by atoms with van der Waals surface area (Å²) in [5.74, 6) is 0.555. The monoisotopic (exact) mass is 211 g/mol. The topological polar surface area (TPSA) is 80.0 Å². The average molecular weight is 211 g/mol. The van der Waals surface area contributed by atoms with Gasteiger partial charge in [-0.25, -0.2) is 14.5 Å². The molecule has 0 spiro atoms. The molecule has 3 rings (SSSR count). The number of hydrogen-bond donors (Lipinski definition) is 0. The summed E-state index contributed by atoms with van der Waals surface area (Å²) in [5, 5.41) is 13.1. The normalized spacial score (nSPS) is 10.4. The zero-order valence-electron chi connectivity index (χ0n) is 8.03. The van der Waals surface area contributed by atoms with Gasteiger partial charge in [-0.15, -0.1) is 0 Å². The van der Waals surface area contributed by atoms with Gasteiger partial charge in [0, 0.05) is 0 Å². The number of rotatable bonds is 1. The molecule has 0 N–H and O–H groups in total. The molecular formula is C10H5N5O. The van der Waals surface area contributed by atoms with Crippen molar-refractivity contribution in [3.63, 3.8) is 0 Å². The first-order valence-corrected chi connectivity index (χ1v) is 4.52. The van der Waals surface area contributed by atoms with Crippen molar-refractivity contribution in [2.24, 2.45) is 0 Å². The van der Waals surface area contributed by atoms with Crippen molar-refractivity contribution >= 4 is 5.65 Å². The highest BCUT2D eigenvalue weighted by Crippen LogP contribution is 2.16. The summed E-state index contributed by atoms with van der Waals surface area (Å²) in [5.41, 5.74) is 1.62. The molecule has 0 amide bonds. The fourth-order valence-electron chi connectivity index (χ4n) is 1.42. The Kier molecular flexibility index (Phi) is 1.71. The molecule has 16 heavy (non-hydrogen) atoms. The van der Waals surface area contributed by atoms with Crippen LogP contribution in [-0.2, 0) is 0 Å². The molecule has 0 bridgehead atoms. The van der Waals surface area contributed by atoms with Gasteiger partial charge in [-0.2, -0.15) is 10.4 Å². The van der Waals surface area contributed by atoms with Gasteiger partial charge >= 0.3 is 0 Å². The van der Waals surface area contributed by atoms with Crippen molar-refractivity contribution in [3.05, 3.63) is 36.6 Å². The van der Waals surface area contributed by atoms with E-state index in [4.69, 9.17) is 9.68 Å². The molecule has 0 atom stereocenters. The lowest BCUT2D eigenvalue weighted by atomic mass is 10.3. The molecular weight excluding hydrogens is 206 g/mol. The molecule has 6 nitrogen and oxygen atoms in total. The predicted molar refractivity (Wildman–Crippen MR) is 53.2 cm³/mol. The highest BCUT2D eigenvalue weighted by Gasteiger charge is 2.07. The van der Waals surface area contributed by atoms with Crippen molar-refractivity contribution in [3.8, 4) is 17.5 Å². The number of aromatic nitrogens is 4. The fraction of sp³-hybridized carbons (Fsp3) is 0. The highest BCUT2D eigenvalue weighted by molar-refractivity contribution is 5.54. The molecule has 76 valence electrons. The molecule has 0 fully saturated rings. The van der Waals surface area contributed by atoms with Gasteiger partial charge < -0.3 is 4.42 Å². The second-order valence-corrected chi connectivity index (χ2v) is 3.11. The van der Waals surface area contributed by atoms with E-state index in [0.29, 0.717) is 22.8 Å². The molecule has 3 aromatic heterocycles. The van der Waals surface area contributed by atoms with E-state index in [1.807, 2.05) is 6.07 Å². The van der Waals surface area contributed by atoms with Crippen LogP contribution in [0.15, 0.2) is 35.3 Å². The van der Waals surface area contributed by atoms with Gasteiger partial charge in [0.05, 0.1) is 12.4 Å². The van der Waals surface area contributed by atoms with Gasteiger partial charge in [-0.3, -0.25) is 0 Å². The summed E-state index contributed by atoms with van der Waals surface area (Å²) in [6.45, 7) is 0. The van der Waals surface area contributed by atoms with Gasteiger partial charge in [-0.05, 0) is 12.1 Å². The van der Waals surface area contributed by atoms with Crippen LogP contribution in [0.2, 0.25) is 0 Å². The van der Waals surface area contributed by atoms with Crippen molar-refractivity contribution < 1.29 is 4.42 Å². The van der Waals surface area contributed by atoms with Gasteiger partial charge in [0.15, 0.2) is 23.5 Å². The third-order valence-corrected chi connectivity index (χ3v) is 2.16. The zero-order valence-corrected chi connectivity index (χ0v) is 8.03. The minimum atomic E-state index is 0.386. The Morgan fingerprint density at radius 1 is 1.31 bits per heavy atom. The van der Waals surface area contributed by atoms with Gasteiger partial charge in [-0.1, -0.05) is 0 Å². The Morgan fingerprint density at radius 2 is 2.25 bits per heavy atom. The minimum Gasteiger partial charge on any atom is -0.442 e. The van der Waals surface area contributed by atoms with Gasteiger partial charge in [0.1, 0.15) is 11.8 Å². The molecule has 0 aliphatic carbocycles. The van der Waals surface area contributed by atoms with E-state index >= 15 is 0 Å². The number of nitriles is 1. The second-order valence-electron chi connectivity index (χ2n) is 3.11. The molecule has 3 aromatic rings. The molecule has 0 radical (unpaired) electrons. The number of fused-ring (bicyclic) bond motifs is 1. The second kappa shape index (κ2) is 3.17. The van der Waals surface area contributed by atoms with Crippen LogP contribution in [-0.4, -0.2) is 19.6 Å². The molecule has 0 aliphatic heterocycles. The largest absolute Gasteiger partial charge is 0.442 e.